The normalized spacial score (nSPS) is 11.4. The minimum Gasteiger partial charge on any atom is -0.399 e. The highest BCUT2D eigenvalue weighted by Gasteiger charge is 2.14. The zero-order valence-electron chi connectivity index (χ0n) is 9.16. The SMILES string of the molecule is Nc1ccc(NCc2nn[nH]n2)c(S(N)(=O)=O)c1. The number of aromatic amines is 1. The fourth-order valence-electron chi connectivity index (χ4n) is 1.35. The summed E-state index contributed by atoms with van der Waals surface area (Å²) in [4.78, 5) is -0.0778. The zero-order valence-corrected chi connectivity index (χ0v) is 9.98. The number of sulfonamides is 1. The van der Waals surface area contributed by atoms with Gasteiger partial charge in [0, 0.05) is 5.69 Å². The van der Waals surface area contributed by atoms with Crippen LogP contribution in [0.25, 0.3) is 0 Å². The maximum atomic E-state index is 11.4. The third-order valence-electron chi connectivity index (χ3n) is 2.14. The van der Waals surface area contributed by atoms with Crippen LogP contribution in [-0.2, 0) is 16.6 Å². The Kier molecular flexibility index (Phi) is 3.12. The predicted molar refractivity (Wildman–Crippen MR) is 63.7 cm³/mol. The molecular formula is C8H11N7O2S. The number of aromatic nitrogens is 4. The van der Waals surface area contributed by atoms with Crippen molar-refractivity contribution in [3.05, 3.63) is 24.0 Å². The monoisotopic (exact) mass is 269 g/mol. The second-order valence-corrected chi connectivity index (χ2v) is 5.01. The van der Waals surface area contributed by atoms with Crippen LogP contribution in [0.3, 0.4) is 0 Å². The molecule has 96 valence electrons. The average Bonchev–Trinajstić information content (AvgIpc) is 2.79. The van der Waals surface area contributed by atoms with Crippen molar-refractivity contribution in [1.82, 2.24) is 20.6 Å². The van der Waals surface area contributed by atoms with Gasteiger partial charge in [-0.1, -0.05) is 5.21 Å². The lowest BCUT2D eigenvalue weighted by Crippen LogP contribution is -2.15. The number of primary sulfonamides is 1. The summed E-state index contributed by atoms with van der Waals surface area (Å²) in [5.41, 5.74) is 6.17. The first-order chi connectivity index (χ1) is 8.47. The van der Waals surface area contributed by atoms with Crippen LogP contribution in [0.4, 0.5) is 11.4 Å². The molecule has 1 aromatic carbocycles. The van der Waals surface area contributed by atoms with E-state index in [1.54, 1.807) is 6.07 Å². The van der Waals surface area contributed by atoms with E-state index in [-0.39, 0.29) is 11.4 Å². The molecule has 0 spiro atoms. The van der Waals surface area contributed by atoms with Crippen LogP contribution in [0.15, 0.2) is 23.1 Å². The van der Waals surface area contributed by atoms with Gasteiger partial charge in [0.1, 0.15) is 4.90 Å². The van der Waals surface area contributed by atoms with Crippen molar-refractivity contribution in [1.29, 1.82) is 0 Å². The molecule has 0 radical (unpaired) electrons. The van der Waals surface area contributed by atoms with E-state index in [0.717, 1.165) is 0 Å². The highest BCUT2D eigenvalue weighted by atomic mass is 32.2. The molecule has 0 fully saturated rings. The molecule has 0 aliphatic rings. The molecule has 1 heterocycles. The molecule has 1 aromatic heterocycles. The molecule has 0 amide bonds. The Labute approximate surface area is 103 Å². The predicted octanol–water partition coefficient (Wildman–Crippen LogP) is -0.959. The molecule has 10 heteroatoms. The van der Waals surface area contributed by atoms with Crippen molar-refractivity contribution in [3.8, 4) is 0 Å². The van der Waals surface area contributed by atoms with Gasteiger partial charge in [0.25, 0.3) is 0 Å². The van der Waals surface area contributed by atoms with E-state index in [1.165, 1.54) is 12.1 Å². The first kappa shape index (κ1) is 12.3. The Morgan fingerprint density at radius 2 is 2.17 bits per heavy atom. The molecule has 0 atom stereocenters. The molecule has 2 rings (SSSR count). The number of tetrazole rings is 1. The van der Waals surface area contributed by atoms with Crippen LogP contribution in [0.1, 0.15) is 5.82 Å². The van der Waals surface area contributed by atoms with Gasteiger partial charge in [-0.05, 0) is 18.2 Å². The van der Waals surface area contributed by atoms with Crippen molar-refractivity contribution >= 4 is 21.4 Å². The summed E-state index contributed by atoms with van der Waals surface area (Å²) in [6, 6.07) is 4.37. The smallest absolute Gasteiger partial charge is 0.240 e. The van der Waals surface area contributed by atoms with Gasteiger partial charge in [0.05, 0.1) is 12.2 Å². The fraction of sp³-hybridized carbons (Fsp3) is 0.125. The maximum Gasteiger partial charge on any atom is 0.240 e. The van der Waals surface area contributed by atoms with Crippen molar-refractivity contribution in [2.75, 3.05) is 11.1 Å². The van der Waals surface area contributed by atoms with E-state index < -0.39 is 10.0 Å². The number of rotatable bonds is 4. The first-order valence-corrected chi connectivity index (χ1v) is 6.40. The van der Waals surface area contributed by atoms with Crippen molar-refractivity contribution < 1.29 is 8.42 Å². The minimum absolute atomic E-state index is 0.0778. The van der Waals surface area contributed by atoms with Crippen LogP contribution in [-0.4, -0.2) is 29.0 Å². The number of nitrogens with one attached hydrogen (secondary N) is 2. The Balaban J connectivity index is 2.27. The Bertz CT molecular complexity index is 637. The number of benzene rings is 1. The van der Waals surface area contributed by atoms with Crippen LogP contribution in [0.5, 0.6) is 0 Å². The largest absolute Gasteiger partial charge is 0.399 e. The van der Waals surface area contributed by atoms with Gasteiger partial charge in [0.2, 0.25) is 10.0 Å². The third kappa shape index (κ3) is 2.73. The van der Waals surface area contributed by atoms with E-state index in [1.807, 2.05) is 0 Å². The molecule has 9 nitrogen and oxygen atoms in total. The van der Waals surface area contributed by atoms with Crippen molar-refractivity contribution in [2.45, 2.75) is 11.4 Å². The van der Waals surface area contributed by atoms with Gasteiger partial charge in [0.15, 0.2) is 5.82 Å². The van der Waals surface area contributed by atoms with Crippen molar-refractivity contribution in [3.63, 3.8) is 0 Å². The fourth-order valence-corrected chi connectivity index (χ4v) is 2.10. The van der Waals surface area contributed by atoms with Crippen LogP contribution >= 0.6 is 0 Å². The second-order valence-electron chi connectivity index (χ2n) is 3.48. The topological polar surface area (TPSA) is 153 Å². The third-order valence-corrected chi connectivity index (χ3v) is 3.09. The Morgan fingerprint density at radius 1 is 1.39 bits per heavy atom. The van der Waals surface area contributed by atoms with E-state index in [0.29, 0.717) is 17.2 Å². The van der Waals surface area contributed by atoms with Crippen molar-refractivity contribution in [2.24, 2.45) is 5.14 Å². The number of nitrogens with zero attached hydrogens (tertiary/aromatic N) is 3. The molecule has 0 unspecified atom stereocenters. The van der Waals surface area contributed by atoms with Crippen LogP contribution in [0.2, 0.25) is 0 Å². The van der Waals surface area contributed by atoms with Gasteiger partial charge in [-0.25, -0.2) is 13.6 Å². The number of H-pyrrole nitrogens is 1. The van der Waals surface area contributed by atoms with Gasteiger partial charge in [-0.2, -0.15) is 5.21 Å². The van der Waals surface area contributed by atoms with E-state index in [9.17, 15) is 8.42 Å². The number of nitrogen functional groups attached to an aromatic ring is 1. The number of hydrogen-bond acceptors (Lipinski definition) is 7. The van der Waals surface area contributed by atoms with E-state index in [4.69, 9.17) is 10.9 Å². The second kappa shape index (κ2) is 4.58. The Morgan fingerprint density at radius 3 is 2.78 bits per heavy atom. The standard InChI is InChI=1S/C8H11N7O2S/c9-5-1-2-6(7(3-5)18(10,16)17)11-4-8-12-14-15-13-8/h1-3,11H,4,9H2,(H2,10,16,17)(H,12,13,14,15). The molecule has 18 heavy (non-hydrogen) atoms. The summed E-state index contributed by atoms with van der Waals surface area (Å²) in [5.74, 6) is 0.396. The Hall–Kier alpha value is -2.20. The highest BCUT2D eigenvalue weighted by molar-refractivity contribution is 7.89. The molecule has 6 N–H and O–H groups in total. The molecule has 0 saturated heterocycles. The molecule has 0 saturated carbocycles. The summed E-state index contributed by atoms with van der Waals surface area (Å²) in [6.45, 7) is 0.211. The lowest BCUT2D eigenvalue weighted by molar-refractivity contribution is 0.598. The molecule has 0 aliphatic heterocycles. The lowest BCUT2D eigenvalue weighted by Gasteiger charge is -2.09. The summed E-state index contributed by atoms with van der Waals surface area (Å²) in [6.07, 6.45) is 0. The van der Waals surface area contributed by atoms with E-state index >= 15 is 0 Å². The van der Waals surface area contributed by atoms with Crippen LogP contribution in [0, 0.1) is 0 Å². The molecule has 0 aliphatic carbocycles. The maximum absolute atomic E-state index is 11.4. The zero-order chi connectivity index (χ0) is 13.2. The molecule has 0 bridgehead atoms. The summed E-state index contributed by atoms with van der Waals surface area (Å²) < 4.78 is 22.8. The lowest BCUT2D eigenvalue weighted by atomic mass is 10.3. The van der Waals surface area contributed by atoms with Gasteiger partial charge in [-0.15, -0.1) is 10.2 Å². The summed E-state index contributed by atoms with van der Waals surface area (Å²) >= 11 is 0. The summed E-state index contributed by atoms with van der Waals surface area (Å²) in [5, 5.41) is 21.1. The summed E-state index contributed by atoms with van der Waals surface area (Å²) in [7, 11) is -3.85. The van der Waals surface area contributed by atoms with Gasteiger partial charge < -0.3 is 11.1 Å². The van der Waals surface area contributed by atoms with E-state index in [2.05, 4.69) is 25.9 Å². The first-order valence-electron chi connectivity index (χ1n) is 4.85. The minimum atomic E-state index is -3.85. The molecular weight excluding hydrogens is 258 g/mol. The van der Waals surface area contributed by atoms with Gasteiger partial charge >= 0.3 is 0 Å². The highest BCUT2D eigenvalue weighted by Crippen LogP contribution is 2.22. The average molecular weight is 269 g/mol. The number of anilines is 2. The van der Waals surface area contributed by atoms with Crippen LogP contribution < -0.4 is 16.2 Å². The number of nitrogens with two attached hydrogens (primary N) is 2. The van der Waals surface area contributed by atoms with Gasteiger partial charge in [-0.3, -0.25) is 0 Å². The number of hydrogen-bond donors (Lipinski definition) is 4. The molecule has 2 aromatic rings. The quantitative estimate of drug-likeness (QED) is 0.521.